The van der Waals surface area contributed by atoms with Gasteiger partial charge in [-0.2, -0.15) is 0 Å². The van der Waals surface area contributed by atoms with Crippen molar-refractivity contribution < 1.29 is 24.3 Å². The summed E-state index contributed by atoms with van der Waals surface area (Å²) in [5.74, 6) is -1.05. The van der Waals surface area contributed by atoms with Gasteiger partial charge in [-0.15, -0.1) is 0 Å². The third kappa shape index (κ3) is 7.16. The summed E-state index contributed by atoms with van der Waals surface area (Å²) in [4.78, 5) is 27.3. The van der Waals surface area contributed by atoms with Crippen molar-refractivity contribution in [1.29, 1.82) is 0 Å². The third-order valence-corrected chi connectivity index (χ3v) is 2.82. The first kappa shape index (κ1) is 13.1. The predicted molar refractivity (Wildman–Crippen MR) is 49.6 cm³/mol. The first-order valence-corrected chi connectivity index (χ1v) is 6.09. The fraction of sp³-hybridized carbons (Fsp3) is 0.800. The highest BCUT2D eigenvalue weighted by Crippen LogP contribution is 2.35. The van der Waals surface area contributed by atoms with Gasteiger partial charge in [-0.05, 0) is 12.8 Å². The van der Waals surface area contributed by atoms with Gasteiger partial charge in [0.05, 0.1) is 0 Å². The molecule has 0 amide bonds. The van der Waals surface area contributed by atoms with E-state index in [0.29, 0.717) is 0 Å². The van der Waals surface area contributed by atoms with Crippen molar-refractivity contribution in [2.24, 2.45) is 0 Å². The third-order valence-electron chi connectivity index (χ3n) is 1.37. The van der Waals surface area contributed by atoms with E-state index < -0.39 is 19.6 Å². The van der Waals surface area contributed by atoms with Crippen LogP contribution in [-0.2, 0) is 9.36 Å². The van der Waals surface area contributed by atoms with Gasteiger partial charge in [0.15, 0.2) is 0 Å². The van der Waals surface area contributed by atoms with Gasteiger partial charge in [0.2, 0.25) is 0 Å². The lowest BCUT2D eigenvalue weighted by Crippen LogP contribution is -2.30. The topological polar surface area (TPSA) is 107 Å². The number of carboxylic acids is 1. The zero-order valence-corrected chi connectivity index (χ0v) is 9.16. The van der Waals surface area contributed by atoms with Gasteiger partial charge in [-0.1, -0.05) is 0 Å². The molecule has 0 aliphatic heterocycles. The van der Waals surface area contributed by atoms with E-state index in [1.54, 1.807) is 0 Å². The Morgan fingerprint density at radius 3 is 2.38 bits per heavy atom. The Hall–Kier alpha value is 0.0600. The van der Waals surface area contributed by atoms with Crippen molar-refractivity contribution in [1.82, 2.24) is 4.34 Å². The molecule has 13 heavy (non-hydrogen) atoms. The molecule has 4 N–H and O–H groups in total. The summed E-state index contributed by atoms with van der Waals surface area (Å²) in [6.45, 7) is 0. The van der Waals surface area contributed by atoms with Crippen LogP contribution in [0.4, 0.5) is 0 Å². The van der Waals surface area contributed by atoms with Crippen molar-refractivity contribution in [2.45, 2.75) is 18.9 Å². The quantitative estimate of drug-likeness (QED) is 0.410. The fourth-order valence-electron chi connectivity index (χ4n) is 0.726. The van der Waals surface area contributed by atoms with Crippen LogP contribution < -0.4 is 4.34 Å². The van der Waals surface area contributed by atoms with Crippen molar-refractivity contribution >= 4 is 29.7 Å². The molecule has 0 fully saturated rings. The standard InChI is InChI=1S/C5H11BrNO5P/c6-7-4(5(8)9)2-1-3-13(10,11)12/h4,7H,1-3H2,(H,8,9)(H2,10,11,12). The summed E-state index contributed by atoms with van der Waals surface area (Å²) in [6.07, 6.45) is 0.0526. The Kier molecular flexibility index (Phi) is 5.75. The molecule has 0 aromatic rings. The normalized spacial score (nSPS) is 14.1. The average molecular weight is 276 g/mol. The SMILES string of the molecule is O=C(O)C(CCCP(=O)(O)O)NBr. The van der Waals surface area contributed by atoms with Gasteiger partial charge >= 0.3 is 13.6 Å². The van der Waals surface area contributed by atoms with Gasteiger partial charge in [0.25, 0.3) is 0 Å². The van der Waals surface area contributed by atoms with Gasteiger partial charge in [-0.25, -0.2) is 4.34 Å². The summed E-state index contributed by atoms with van der Waals surface area (Å²) in [7, 11) is -4.00. The Balaban J connectivity index is 3.74. The first-order valence-electron chi connectivity index (χ1n) is 3.50. The lowest BCUT2D eigenvalue weighted by Gasteiger charge is -2.09. The fourth-order valence-corrected chi connectivity index (χ4v) is 1.75. The predicted octanol–water partition coefficient (Wildman–Crippen LogP) is 0.297. The summed E-state index contributed by atoms with van der Waals surface area (Å²) in [5, 5.41) is 8.52. The van der Waals surface area contributed by atoms with E-state index in [2.05, 4.69) is 20.5 Å². The van der Waals surface area contributed by atoms with E-state index in [1.807, 2.05) is 0 Å². The second kappa shape index (κ2) is 5.72. The van der Waals surface area contributed by atoms with Crippen LogP contribution in [0.2, 0.25) is 0 Å². The summed E-state index contributed by atoms with van der Waals surface area (Å²) < 4.78 is 12.7. The molecule has 0 aliphatic carbocycles. The average Bonchev–Trinajstić information content (AvgIpc) is 1.95. The summed E-state index contributed by atoms with van der Waals surface area (Å²) in [5.41, 5.74) is 0. The van der Waals surface area contributed by atoms with E-state index in [1.165, 1.54) is 0 Å². The van der Waals surface area contributed by atoms with Crippen LogP contribution in [0.25, 0.3) is 0 Å². The highest BCUT2D eigenvalue weighted by molar-refractivity contribution is 9.08. The maximum absolute atomic E-state index is 10.4. The van der Waals surface area contributed by atoms with Crippen molar-refractivity contribution in [3.05, 3.63) is 0 Å². The van der Waals surface area contributed by atoms with E-state index in [0.717, 1.165) is 0 Å². The van der Waals surface area contributed by atoms with Crippen molar-refractivity contribution in [2.75, 3.05) is 6.16 Å². The number of halogens is 1. The molecule has 0 saturated heterocycles. The van der Waals surface area contributed by atoms with E-state index in [4.69, 9.17) is 14.9 Å². The Morgan fingerprint density at radius 1 is 1.54 bits per heavy atom. The lowest BCUT2D eigenvalue weighted by molar-refractivity contribution is -0.139. The number of rotatable bonds is 6. The van der Waals surface area contributed by atoms with Crippen LogP contribution in [0.3, 0.4) is 0 Å². The molecular formula is C5H11BrNO5P. The second-order valence-electron chi connectivity index (χ2n) is 2.53. The molecule has 0 bridgehead atoms. The molecule has 0 aromatic carbocycles. The van der Waals surface area contributed by atoms with Gasteiger partial charge in [-0.3, -0.25) is 9.36 Å². The van der Waals surface area contributed by atoms with Crippen LogP contribution in [0.1, 0.15) is 12.8 Å². The molecule has 8 heteroatoms. The molecule has 0 heterocycles. The van der Waals surface area contributed by atoms with Crippen LogP contribution in [0.15, 0.2) is 0 Å². The van der Waals surface area contributed by atoms with Gasteiger partial charge in [0, 0.05) is 22.3 Å². The number of nitrogens with one attached hydrogen (secondary N) is 1. The zero-order chi connectivity index (χ0) is 10.5. The zero-order valence-electron chi connectivity index (χ0n) is 6.68. The lowest BCUT2D eigenvalue weighted by atomic mass is 10.2. The maximum Gasteiger partial charge on any atom is 0.325 e. The Labute approximate surface area is 83.8 Å². The number of hydrogen-bond donors (Lipinski definition) is 4. The van der Waals surface area contributed by atoms with E-state index in [9.17, 15) is 9.36 Å². The largest absolute Gasteiger partial charge is 0.480 e. The van der Waals surface area contributed by atoms with Crippen LogP contribution in [0, 0.1) is 0 Å². The minimum atomic E-state index is -4.00. The molecule has 1 atom stereocenters. The molecular weight excluding hydrogens is 265 g/mol. The first-order chi connectivity index (χ1) is 5.87. The summed E-state index contributed by atoms with van der Waals surface area (Å²) in [6, 6.07) is -0.813. The van der Waals surface area contributed by atoms with E-state index in [-0.39, 0.29) is 19.0 Å². The van der Waals surface area contributed by atoms with Gasteiger partial charge < -0.3 is 14.9 Å². The molecule has 0 spiro atoms. The van der Waals surface area contributed by atoms with Crippen LogP contribution in [0.5, 0.6) is 0 Å². The van der Waals surface area contributed by atoms with Crippen LogP contribution >= 0.6 is 23.7 Å². The molecule has 78 valence electrons. The van der Waals surface area contributed by atoms with E-state index >= 15 is 0 Å². The molecule has 0 radical (unpaired) electrons. The van der Waals surface area contributed by atoms with Crippen LogP contribution in [-0.4, -0.2) is 33.1 Å². The number of aliphatic carboxylic acids is 1. The smallest absolute Gasteiger partial charge is 0.325 e. The second-order valence-corrected chi connectivity index (χ2v) is 4.76. The highest BCUT2D eigenvalue weighted by atomic mass is 79.9. The Bertz CT molecular complexity index is 217. The maximum atomic E-state index is 10.4. The minimum absolute atomic E-state index is 0.167. The summed E-state index contributed by atoms with van der Waals surface area (Å²) >= 11 is 2.77. The number of carboxylic acid groups (broad SMARTS) is 1. The minimum Gasteiger partial charge on any atom is -0.480 e. The van der Waals surface area contributed by atoms with Gasteiger partial charge in [0.1, 0.15) is 6.04 Å². The molecule has 0 aliphatic rings. The van der Waals surface area contributed by atoms with Crippen molar-refractivity contribution in [3.63, 3.8) is 0 Å². The molecule has 0 rings (SSSR count). The molecule has 6 nitrogen and oxygen atoms in total. The number of hydrogen-bond acceptors (Lipinski definition) is 3. The monoisotopic (exact) mass is 275 g/mol. The molecule has 0 aromatic heterocycles. The molecule has 0 saturated carbocycles. The Morgan fingerprint density at radius 2 is 2.08 bits per heavy atom. The molecule has 1 unspecified atom stereocenters. The highest BCUT2D eigenvalue weighted by Gasteiger charge is 2.18. The number of carbonyl (C=O) groups is 1. The van der Waals surface area contributed by atoms with Crippen molar-refractivity contribution in [3.8, 4) is 0 Å².